The second kappa shape index (κ2) is 10.8. The van der Waals surface area contributed by atoms with Gasteiger partial charge in [0.05, 0.1) is 32.2 Å². The van der Waals surface area contributed by atoms with Crippen LogP contribution in [0.1, 0.15) is 11.1 Å². The number of methoxy groups -OCH3 is 1. The second-order valence-corrected chi connectivity index (χ2v) is 8.50. The number of hydrazone groups is 1. The predicted octanol–water partition coefficient (Wildman–Crippen LogP) is 4.63. The van der Waals surface area contributed by atoms with E-state index in [1.807, 2.05) is 48.2 Å². The monoisotopic (exact) mass is 531 g/mol. The fraction of sp³-hybridized carbons (Fsp3) is 0.273. The van der Waals surface area contributed by atoms with Gasteiger partial charge >= 0.3 is 0 Å². The zero-order valence-corrected chi connectivity index (χ0v) is 20.5. The van der Waals surface area contributed by atoms with Gasteiger partial charge in [-0.3, -0.25) is 0 Å². The maximum absolute atomic E-state index is 6.31. The van der Waals surface area contributed by atoms with Crippen molar-refractivity contribution in [2.45, 2.75) is 6.92 Å². The van der Waals surface area contributed by atoms with Gasteiger partial charge in [-0.2, -0.15) is 20.1 Å². The van der Waals surface area contributed by atoms with Gasteiger partial charge in [0, 0.05) is 22.6 Å². The molecule has 172 valence electrons. The third-order valence-electron chi connectivity index (χ3n) is 4.88. The summed E-state index contributed by atoms with van der Waals surface area (Å²) >= 11 is 9.87. The number of hydrogen-bond acceptors (Lipinski definition) is 9. The lowest BCUT2D eigenvalue weighted by Crippen LogP contribution is -2.37. The van der Waals surface area contributed by atoms with Gasteiger partial charge in [-0.05, 0) is 58.2 Å². The number of hydrogen-bond donors (Lipinski definition) is 2. The Hall–Kier alpha value is -2.95. The van der Waals surface area contributed by atoms with Crippen LogP contribution in [0.3, 0.4) is 0 Å². The first-order valence-electron chi connectivity index (χ1n) is 10.3. The number of rotatable bonds is 7. The molecule has 0 aliphatic carbocycles. The summed E-state index contributed by atoms with van der Waals surface area (Å²) < 4.78 is 11.5. The molecule has 4 rings (SSSR count). The lowest BCUT2D eigenvalue weighted by Gasteiger charge is -2.27. The van der Waals surface area contributed by atoms with Crippen molar-refractivity contribution in [1.29, 1.82) is 0 Å². The normalized spacial score (nSPS) is 13.9. The number of nitrogens with one attached hydrogen (secondary N) is 2. The van der Waals surface area contributed by atoms with E-state index in [-0.39, 0.29) is 0 Å². The summed E-state index contributed by atoms with van der Waals surface area (Å²) in [6.07, 6.45) is 1.67. The van der Waals surface area contributed by atoms with E-state index in [0.717, 1.165) is 27.0 Å². The molecule has 1 aliphatic rings. The molecule has 3 aromatic rings. The Balaban J connectivity index is 1.60. The first-order valence-corrected chi connectivity index (χ1v) is 11.4. The van der Waals surface area contributed by atoms with Gasteiger partial charge in [-0.1, -0.05) is 23.7 Å². The van der Waals surface area contributed by atoms with Crippen molar-refractivity contribution in [3.05, 3.63) is 57.0 Å². The average Bonchev–Trinajstić information content (AvgIpc) is 2.83. The Morgan fingerprint density at radius 2 is 1.94 bits per heavy atom. The van der Waals surface area contributed by atoms with Crippen molar-refractivity contribution in [2.24, 2.45) is 5.10 Å². The number of benzene rings is 2. The average molecular weight is 533 g/mol. The number of halogens is 2. The van der Waals surface area contributed by atoms with Crippen molar-refractivity contribution < 1.29 is 9.47 Å². The molecule has 0 amide bonds. The fourth-order valence-electron chi connectivity index (χ4n) is 3.12. The molecule has 11 heteroatoms. The van der Waals surface area contributed by atoms with Gasteiger partial charge in [-0.15, -0.1) is 0 Å². The summed E-state index contributed by atoms with van der Waals surface area (Å²) in [6.45, 7) is 4.55. The molecule has 2 N–H and O–H groups in total. The van der Waals surface area contributed by atoms with Crippen LogP contribution >= 0.6 is 27.5 Å². The van der Waals surface area contributed by atoms with Crippen LogP contribution in [0.2, 0.25) is 5.02 Å². The summed E-state index contributed by atoms with van der Waals surface area (Å²) in [5, 5.41) is 8.15. The van der Waals surface area contributed by atoms with Crippen molar-refractivity contribution in [1.82, 2.24) is 15.0 Å². The maximum Gasteiger partial charge on any atom is 0.250 e. The highest BCUT2D eigenvalue weighted by molar-refractivity contribution is 9.10. The minimum absolute atomic E-state index is 0.308. The lowest BCUT2D eigenvalue weighted by atomic mass is 10.2. The van der Waals surface area contributed by atoms with Gasteiger partial charge < -0.3 is 19.7 Å². The third kappa shape index (κ3) is 6.10. The van der Waals surface area contributed by atoms with Crippen LogP contribution in [0.5, 0.6) is 5.75 Å². The predicted molar refractivity (Wildman–Crippen MR) is 134 cm³/mol. The number of aromatic nitrogens is 3. The molecule has 0 atom stereocenters. The van der Waals surface area contributed by atoms with Gasteiger partial charge in [0.1, 0.15) is 5.75 Å². The van der Waals surface area contributed by atoms with E-state index in [2.05, 4.69) is 46.7 Å². The van der Waals surface area contributed by atoms with Crippen molar-refractivity contribution in [3.8, 4) is 5.75 Å². The molecule has 0 saturated carbocycles. The van der Waals surface area contributed by atoms with E-state index in [1.54, 1.807) is 13.3 Å². The SMILES string of the molecule is COc1cccc(/C=N/Nc2nc(Nc3cc(Cl)c(C)cc3Br)nc(N3CCOCC3)n2)c1. The number of morpholine rings is 1. The summed E-state index contributed by atoms with van der Waals surface area (Å²) in [6, 6.07) is 11.3. The summed E-state index contributed by atoms with van der Waals surface area (Å²) in [5.74, 6) is 1.96. The Morgan fingerprint density at radius 3 is 2.73 bits per heavy atom. The van der Waals surface area contributed by atoms with E-state index in [0.29, 0.717) is 49.2 Å². The molecule has 0 radical (unpaired) electrons. The number of anilines is 4. The van der Waals surface area contributed by atoms with E-state index in [1.165, 1.54) is 0 Å². The van der Waals surface area contributed by atoms with Gasteiger partial charge in [0.2, 0.25) is 17.8 Å². The summed E-state index contributed by atoms with van der Waals surface area (Å²) in [5.41, 5.74) is 5.49. The summed E-state index contributed by atoms with van der Waals surface area (Å²) in [7, 11) is 1.63. The van der Waals surface area contributed by atoms with Crippen LogP contribution in [0.25, 0.3) is 0 Å². The molecule has 1 saturated heterocycles. The van der Waals surface area contributed by atoms with Crippen LogP contribution < -0.4 is 20.4 Å². The first kappa shape index (κ1) is 23.2. The Morgan fingerprint density at radius 1 is 1.15 bits per heavy atom. The summed E-state index contributed by atoms with van der Waals surface area (Å²) in [4.78, 5) is 15.7. The molecule has 0 unspecified atom stereocenters. The van der Waals surface area contributed by atoms with Crippen molar-refractivity contribution in [3.63, 3.8) is 0 Å². The molecule has 1 aliphatic heterocycles. The first-order chi connectivity index (χ1) is 16.0. The molecular weight excluding hydrogens is 510 g/mol. The van der Waals surface area contributed by atoms with Crippen LogP contribution in [-0.4, -0.2) is 54.6 Å². The quantitative estimate of drug-likeness (QED) is 0.336. The van der Waals surface area contributed by atoms with Crippen LogP contribution in [-0.2, 0) is 4.74 Å². The minimum atomic E-state index is 0.308. The zero-order chi connectivity index (χ0) is 23.2. The van der Waals surface area contributed by atoms with Crippen molar-refractivity contribution >= 4 is 57.3 Å². The smallest absolute Gasteiger partial charge is 0.250 e. The molecule has 33 heavy (non-hydrogen) atoms. The minimum Gasteiger partial charge on any atom is -0.497 e. The molecular formula is C22H23BrClN7O2. The highest BCUT2D eigenvalue weighted by atomic mass is 79.9. The van der Waals surface area contributed by atoms with Crippen molar-refractivity contribution in [2.75, 3.05) is 49.1 Å². The van der Waals surface area contributed by atoms with E-state index in [4.69, 9.17) is 21.1 Å². The third-order valence-corrected chi connectivity index (χ3v) is 5.95. The molecule has 2 heterocycles. The molecule has 2 aromatic carbocycles. The molecule has 0 spiro atoms. The number of ether oxygens (including phenoxy) is 2. The Kier molecular flexibility index (Phi) is 7.58. The topological polar surface area (TPSA) is 96.8 Å². The molecule has 1 aromatic heterocycles. The lowest BCUT2D eigenvalue weighted by molar-refractivity contribution is 0.122. The number of nitrogens with zero attached hydrogens (tertiary/aromatic N) is 5. The molecule has 1 fully saturated rings. The number of aryl methyl sites for hydroxylation is 1. The zero-order valence-electron chi connectivity index (χ0n) is 18.2. The maximum atomic E-state index is 6.31. The standard InChI is InChI=1S/C22H23BrClN7O2/c1-14-10-17(23)19(12-18(14)24)26-20-27-21(29-22(28-20)31-6-8-33-9-7-31)30-25-13-15-4-3-5-16(11-15)32-2/h3-5,10-13H,6-9H2,1-2H3,(H2,26,27,28,29,30)/b25-13+. The van der Waals surface area contributed by atoms with Gasteiger partial charge in [0.15, 0.2) is 0 Å². The Labute approximate surface area is 205 Å². The van der Waals surface area contributed by atoms with Gasteiger partial charge in [0.25, 0.3) is 0 Å². The molecule has 0 bridgehead atoms. The van der Waals surface area contributed by atoms with E-state index in [9.17, 15) is 0 Å². The fourth-order valence-corrected chi connectivity index (χ4v) is 3.84. The van der Waals surface area contributed by atoms with Crippen LogP contribution in [0, 0.1) is 6.92 Å². The van der Waals surface area contributed by atoms with Crippen LogP contribution in [0.4, 0.5) is 23.5 Å². The van der Waals surface area contributed by atoms with Crippen LogP contribution in [0.15, 0.2) is 46.0 Å². The van der Waals surface area contributed by atoms with E-state index >= 15 is 0 Å². The highest BCUT2D eigenvalue weighted by Crippen LogP contribution is 2.31. The van der Waals surface area contributed by atoms with Gasteiger partial charge in [-0.25, -0.2) is 5.43 Å². The largest absolute Gasteiger partial charge is 0.497 e. The Bertz CT molecular complexity index is 1160. The van der Waals surface area contributed by atoms with E-state index < -0.39 is 0 Å². The second-order valence-electron chi connectivity index (χ2n) is 7.23. The highest BCUT2D eigenvalue weighted by Gasteiger charge is 2.17. The molecule has 9 nitrogen and oxygen atoms in total.